The number of nitro benzene ring substituents is 1. The Bertz CT molecular complexity index is 478. The minimum absolute atomic E-state index is 0.0368. The highest BCUT2D eigenvalue weighted by atomic mass is 19.1. The molecule has 0 heterocycles. The fraction of sp³-hybridized carbons (Fsp3) is 0.571. The van der Waals surface area contributed by atoms with Crippen molar-refractivity contribution in [1.82, 2.24) is 0 Å². The van der Waals surface area contributed by atoms with E-state index in [0.717, 1.165) is 43.9 Å². The van der Waals surface area contributed by atoms with Crippen molar-refractivity contribution < 1.29 is 14.1 Å². The highest BCUT2D eigenvalue weighted by molar-refractivity contribution is 5.46. The van der Waals surface area contributed by atoms with Crippen molar-refractivity contribution >= 4 is 5.69 Å². The van der Waals surface area contributed by atoms with Gasteiger partial charge < -0.3 is 4.74 Å². The predicted molar refractivity (Wildman–Crippen MR) is 69.7 cm³/mol. The first-order valence-electron chi connectivity index (χ1n) is 6.48. The summed E-state index contributed by atoms with van der Waals surface area (Å²) in [6, 6.07) is 3.32. The van der Waals surface area contributed by atoms with Gasteiger partial charge in [-0.1, -0.05) is 13.8 Å². The highest BCUT2D eigenvalue weighted by Gasteiger charge is 2.29. The van der Waals surface area contributed by atoms with Crippen LogP contribution < -0.4 is 4.74 Å². The molecule has 104 valence electrons. The second-order valence-corrected chi connectivity index (χ2v) is 5.85. The lowest BCUT2D eigenvalue weighted by atomic mass is 9.76. The predicted octanol–water partition coefficient (Wildman–Crippen LogP) is 4.08. The molecule has 0 unspecified atom stereocenters. The Morgan fingerprint density at radius 2 is 2.00 bits per heavy atom. The number of nitro groups is 1. The number of rotatable bonds is 3. The topological polar surface area (TPSA) is 52.4 Å². The lowest BCUT2D eigenvalue weighted by Crippen LogP contribution is -2.28. The van der Waals surface area contributed by atoms with E-state index in [4.69, 9.17) is 4.74 Å². The summed E-state index contributed by atoms with van der Waals surface area (Å²) in [4.78, 5) is 10.3. The summed E-state index contributed by atoms with van der Waals surface area (Å²) < 4.78 is 18.8. The molecular weight excluding hydrogens is 249 g/mol. The summed E-state index contributed by atoms with van der Waals surface area (Å²) in [5, 5.41) is 10.9. The Labute approximate surface area is 111 Å². The third-order valence-electron chi connectivity index (χ3n) is 3.70. The minimum atomic E-state index is -0.540. The number of ether oxygens (including phenoxy) is 1. The van der Waals surface area contributed by atoms with Crippen LogP contribution in [0.1, 0.15) is 39.5 Å². The molecule has 1 saturated carbocycles. The van der Waals surface area contributed by atoms with E-state index in [9.17, 15) is 14.5 Å². The van der Waals surface area contributed by atoms with Crippen molar-refractivity contribution in [1.29, 1.82) is 0 Å². The van der Waals surface area contributed by atoms with Gasteiger partial charge in [0, 0.05) is 12.1 Å². The standard InChI is InChI=1S/C14H18FNO3/c1-14(2)7-5-11(6-8-14)19-13-9-10(15)3-4-12(13)16(17)18/h3-4,9,11H,5-8H2,1-2H3. The summed E-state index contributed by atoms with van der Waals surface area (Å²) in [5.41, 5.74) is 0.125. The van der Waals surface area contributed by atoms with Crippen LogP contribution in [0, 0.1) is 21.3 Å². The normalized spacial score (nSPS) is 19.1. The zero-order valence-corrected chi connectivity index (χ0v) is 11.2. The molecule has 0 saturated heterocycles. The van der Waals surface area contributed by atoms with Crippen LogP contribution in [0.4, 0.5) is 10.1 Å². The Morgan fingerprint density at radius 3 is 2.58 bits per heavy atom. The number of nitrogens with zero attached hydrogens (tertiary/aromatic N) is 1. The van der Waals surface area contributed by atoms with Crippen molar-refractivity contribution in [3.63, 3.8) is 0 Å². The van der Waals surface area contributed by atoms with Gasteiger partial charge in [-0.2, -0.15) is 0 Å². The largest absolute Gasteiger partial charge is 0.483 e. The van der Waals surface area contributed by atoms with Gasteiger partial charge in [-0.3, -0.25) is 10.1 Å². The molecule has 0 amide bonds. The van der Waals surface area contributed by atoms with Gasteiger partial charge in [0.1, 0.15) is 5.82 Å². The van der Waals surface area contributed by atoms with Crippen LogP contribution in [0.5, 0.6) is 5.75 Å². The highest BCUT2D eigenvalue weighted by Crippen LogP contribution is 2.38. The molecule has 19 heavy (non-hydrogen) atoms. The van der Waals surface area contributed by atoms with E-state index in [0.29, 0.717) is 5.41 Å². The summed E-state index contributed by atoms with van der Waals surface area (Å²) in [6.45, 7) is 4.40. The third kappa shape index (κ3) is 3.43. The lowest BCUT2D eigenvalue weighted by molar-refractivity contribution is -0.386. The molecule has 1 aromatic rings. The first-order valence-corrected chi connectivity index (χ1v) is 6.48. The Kier molecular flexibility index (Phi) is 3.73. The van der Waals surface area contributed by atoms with E-state index >= 15 is 0 Å². The van der Waals surface area contributed by atoms with Crippen LogP contribution in [-0.4, -0.2) is 11.0 Å². The number of hydrogen-bond acceptors (Lipinski definition) is 3. The fourth-order valence-electron chi connectivity index (χ4n) is 2.40. The molecule has 0 radical (unpaired) electrons. The molecule has 0 atom stereocenters. The molecule has 0 spiro atoms. The third-order valence-corrected chi connectivity index (χ3v) is 3.70. The second-order valence-electron chi connectivity index (χ2n) is 5.85. The van der Waals surface area contributed by atoms with Gasteiger partial charge in [-0.05, 0) is 37.2 Å². The van der Waals surface area contributed by atoms with Gasteiger partial charge in [-0.25, -0.2) is 4.39 Å². The van der Waals surface area contributed by atoms with E-state index in [2.05, 4.69) is 13.8 Å². The lowest BCUT2D eigenvalue weighted by Gasteiger charge is -2.34. The molecule has 1 aliphatic rings. The van der Waals surface area contributed by atoms with Crippen molar-refractivity contribution in [3.8, 4) is 5.75 Å². The van der Waals surface area contributed by atoms with Crippen molar-refractivity contribution in [2.24, 2.45) is 5.41 Å². The maximum atomic E-state index is 13.2. The number of hydrogen-bond donors (Lipinski definition) is 0. The van der Waals surface area contributed by atoms with Gasteiger partial charge in [0.25, 0.3) is 0 Å². The van der Waals surface area contributed by atoms with E-state index < -0.39 is 10.7 Å². The average molecular weight is 267 g/mol. The van der Waals surface area contributed by atoms with Crippen LogP contribution in [0.25, 0.3) is 0 Å². The maximum absolute atomic E-state index is 13.2. The molecule has 1 aliphatic carbocycles. The molecular formula is C14H18FNO3. The summed E-state index contributed by atoms with van der Waals surface area (Å²) >= 11 is 0. The monoisotopic (exact) mass is 267 g/mol. The molecule has 0 N–H and O–H groups in total. The van der Waals surface area contributed by atoms with E-state index in [1.807, 2.05) is 0 Å². The Hall–Kier alpha value is -1.65. The molecule has 2 rings (SSSR count). The van der Waals surface area contributed by atoms with Gasteiger partial charge >= 0.3 is 5.69 Å². The number of benzene rings is 1. The summed E-state index contributed by atoms with van der Waals surface area (Å²) in [5.74, 6) is -0.480. The fourth-order valence-corrected chi connectivity index (χ4v) is 2.40. The first kappa shape index (κ1) is 13.8. The average Bonchev–Trinajstić information content (AvgIpc) is 2.31. The van der Waals surface area contributed by atoms with Crippen LogP contribution in [0.3, 0.4) is 0 Å². The van der Waals surface area contributed by atoms with Crippen molar-refractivity contribution in [3.05, 3.63) is 34.1 Å². The smallest absolute Gasteiger partial charge is 0.311 e. The van der Waals surface area contributed by atoms with E-state index in [-0.39, 0.29) is 17.5 Å². The molecule has 4 nitrogen and oxygen atoms in total. The van der Waals surface area contributed by atoms with Crippen LogP contribution >= 0.6 is 0 Å². The minimum Gasteiger partial charge on any atom is -0.483 e. The molecule has 1 aromatic carbocycles. The zero-order chi connectivity index (χ0) is 14.0. The molecule has 0 bridgehead atoms. The van der Waals surface area contributed by atoms with Crippen LogP contribution in [0.2, 0.25) is 0 Å². The molecule has 0 aromatic heterocycles. The van der Waals surface area contributed by atoms with Gasteiger partial charge in [0.2, 0.25) is 0 Å². The molecule has 5 heteroatoms. The van der Waals surface area contributed by atoms with Crippen LogP contribution in [-0.2, 0) is 0 Å². The van der Waals surface area contributed by atoms with Crippen molar-refractivity contribution in [2.45, 2.75) is 45.6 Å². The van der Waals surface area contributed by atoms with Gasteiger partial charge in [0.05, 0.1) is 11.0 Å². The Balaban J connectivity index is 2.11. The maximum Gasteiger partial charge on any atom is 0.311 e. The van der Waals surface area contributed by atoms with Gasteiger partial charge in [0.15, 0.2) is 5.75 Å². The first-order chi connectivity index (χ1) is 8.87. The van der Waals surface area contributed by atoms with Crippen LogP contribution in [0.15, 0.2) is 18.2 Å². The SMILES string of the molecule is CC1(C)CCC(Oc2cc(F)ccc2[N+](=O)[O-])CC1. The zero-order valence-electron chi connectivity index (χ0n) is 11.2. The Morgan fingerprint density at radius 1 is 1.37 bits per heavy atom. The molecule has 1 fully saturated rings. The van der Waals surface area contributed by atoms with E-state index in [1.165, 1.54) is 0 Å². The quantitative estimate of drug-likeness (QED) is 0.612. The van der Waals surface area contributed by atoms with E-state index in [1.54, 1.807) is 0 Å². The van der Waals surface area contributed by atoms with Gasteiger partial charge in [-0.15, -0.1) is 0 Å². The second kappa shape index (κ2) is 5.15. The van der Waals surface area contributed by atoms with Crippen molar-refractivity contribution in [2.75, 3.05) is 0 Å². The number of halogens is 1. The molecule has 0 aliphatic heterocycles. The summed E-state index contributed by atoms with van der Waals surface area (Å²) in [6.07, 6.45) is 3.66. The summed E-state index contributed by atoms with van der Waals surface area (Å²) in [7, 11) is 0.